The van der Waals surface area contributed by atoms with E-state index in [0.717, 1.165) is 30.5 Å². The molecule has 1 atom stereocenters. The fourth-order valence-electron chi connectivity index (χ4n) is 4.84. The van der Waals surface area contributed by atoms with Crippen molar-refractivity contribution in [2.45, 2.75) is 45.2 Å². The van der Waals surface area contributed by atoms with E-state index in [2.05, 4.69) is 58.3 Å². The van der Waals surface area contributed by atoms with Crippen LogP contribution in [-0.4, -0.2) is 38.5 Å². The van der Waals surface area contributed by atoms with Crippen molar-refractivity contribution in [2.75, 3.05) is 18.2 Å². The van der Waals surface area contributed by atoms with Crippen molar-refractivity contribution in [3.63, 3.8) is 0 Å². The van der Waals surface area contributed by atoms with Gasteiger partial charge in [0.2, 0.25) is 6.79 Å². The van der Waals surface area contributed by atoms with E-state index >= 15 is 0 Å². The van der Waals surface area contributed by atoms with Crippen LogP contribution in [0.2, 0.25) is 0 Å². The molecule has 1 N–H and O–H groups in total. The first-order valence-electron chi connectivity index (χ1n) is 11.6. The molecule has 0 aliphatic carbocycles. The van der Waals surface area contributed by atoms with Crippen LogP contribution in [0.25, 0.3) is 10.9 Å². The zero-order valence-electron chi connectivity index (χ0n) is 19.4. The number of hydrogen-bond acceptors (Lipinski definition) is 7. The molecule has 2 aromatic heterocycles. The summed E-state index contributed by atoms with van der Waals surface area (Å²) in [6, 6.07) is 13.5. The number of aromatic amines is 1. The Bertz CT molecular complexity index is 1460. The molecule has 9 heteroatoms. The molecule has 2 aromatic carbocycles. The van der Waals surface area contributed by atoms with Crippen LogP contribution < -0.4 is 19.9 Å². The largest absolute Gasteiger partial charge is 0.454 e. The average molecular weight is 459 g/mol. The van der Waals surface area contributed by atoms with E-state index in [-0.39, 0.29) is 17.9 Å². The van der Waals surface area contributed by atoms with Gasteiger partial charge in [0.15, 0.2) is 17.3 Å². The van der Waals surface area contributed by atoms with E-state index in [9.17, 15) is 4.79 Å². The minimum atomic E-state index is -0.456. The van der Waals surface area contributed by atoms with Crippen LogP contribution in [0.15, 0.2) is 47.3 Å². The third kappa shape index (κ3) is 3.14. The summed E-state index contributed by atoms with van der Waals surface area (Å²) in [7, 11) is 0. The number of benzene rings is 2. The molecule has 9 nitrogen and oxygen atoms in total. The first-order valence-corrected chi connectivity index (χ1v) is 11.6. The van der Waals surface area contributed by atoms with Crippen molar-refractivity contribution < 1.29 is 9.47 Å². The Morgan fingerprint density at radius 3 is 2.76 bits per heavy atom. The molecule has 0 unspecified atom stereocenters. The SMILES string of the molecule is CCC(C)(C)n1nnnc1[C@@H](c1cc2cc3c(cc2[nH]c1=O)OCO3)N1CCc2ccccc21. The summed E-state index contributed by atoms with van der Waals surface area (Å²) in [6.07, 6.45) is 1.74. The maximum Gasteiger partial charge on any atom is 0.254 e. The highest BCUT2D eigenvalue weighted by Gasteiger charge is 2.37. The van der Waals surface area contributed by atoms with Gasteiger partial charge in [-0.25, -0.2) is 4.68 Å². The number of hydrogen-bond donors (Lipinski definition) is 1. The van der Waals surface area contributed by atoms with Crippen LogP contribution in [0.4, 0.5) is 5.69 Å². The van der Waals surface area contributed by atoms with Gasteiger partial charge in [-0.3, -0.25) is 4.79 Å². The second-order valence-electron chi connectivity index (χ2n) is 9.44. The highest BCUT2D eigenvalue weighted by atomic mass is 16.7. The average Bonchev–Trinajstić information content (AvgIpc) is 3.58. The van der Waals surface area contributed by atoms with E-state index in [0.29, 0.717) is 28.4 Å². The topological polar surface area (TPSA) is 98.2 Å². The normalized spacial score (nSPS) is 15.7. The fraction of sp³-hybridized carbons (Fsp3) is 0.360. The summed E-state index contributed by atoms with van der Waals surface area (Å²) in [6.45, 7) is 7.26. The van der Waals surface area contributed by atoms with E-state index in [4.69, 9.17) is 9.47 Å². The number of anilines is 1. The first-order chi connectivity index (χ1) is 16.5. The zero-order valence-corrected chi connectivity index (χ0v) is 19.4. The summed E-state index contributed by atoms with van der Waals surface area (Å²) in [4.78, 5) is 18.8. The van der Waals surface area contributed by atoms with Crippen molar-refractivity contribution in [1.29, 1.82) is 0 Å². The van der Waals surface area contributed by atoms with Crippen molar-refractivity contribution in [2.24, 2.45) is 0 Å². The molecule has 0 fully saturated rings. The minimum Gasteiger partial charge on any atom is -0.454 e. The monoisotopic (exact) mass is 458 g/mol. The van der Waals surface area contributed by atoms with Gasteiger partial charge in [-0.15, -0.1) is 5.10 Å². The third-order valence-corrected chi connectivity index (χ3v) is 7.07. The number of H-pyrrole nitrogens is 1. The summed E-state index contributed by atoms with van der Waals surface area (Å²) < 4.78 is 12.9. The summed E-state index contributed by atoms with van der Waals surface area (Å²) in [5.74, 6) is 1.95. The Morgan fingerprint density at radius 1 is 1.15 bits per heavy atom. The van der Waals surface area contributed by atoms with Crippen LogP contribution in [-0.2, 0) is 12.0 Å². The highest BCUT2D eigenvalue weighted by molar-refractivity contribution is 5.83. The predicted octanol–water partition coefficient (Wildman–Crippen LogP) is 3.54. The molecular weight excluding hydrogens is 432 g/mol. The molecule has 34 heavy (non-hydrogen) atoms. The molecule has 174 valence electrons. The predicted molar refractivity (Wildman–Crippen MR) is 127 cm³/mol. The van der Waals surface area contributed by atoms with Gasteiger partial charge in [0.1, 0.15) is 6.04 Å². The number of nitrogens with one attached hydrogen (secondary N) is 1. The molecule has 6 rings (SSSR count). The van der Waals surface area contributed by atoms with Gasteiger partial charge in [-0.05, 0) is 60.9 Å². The van der Waals surface area contributed by atoms with Crippen molar-refractivity contribution >= 4 is 16.6 Å². The van der Waals surface area contributed by atoms with Gasteiger partial charge < -0.3 is 19.4 Å². The molecule has 0 saturated heterocycles. The lowest BCUT2D eigenvalue weighted by Gasteiger charge is -2.32. The number of para-hydroxylation sites is 1. The summed E-state index contributed by atoms with van der Waals surface area (Å²) in [5, 5.41) is 13.7. The number of pyridine rings is 1. The van der Waals surface area contributed by atoms with Crippen LogP contribution in [0, 0.1) is 0 Å². The van der Waals surface area contributed by atoms with E-state index in [1.807, 2.05) is 35.0 Å². The van der Waals surface area contributed by atoms with Gasteiger partial charge >= 0.3 is 0 Å². The Kier molecular flexibility index (Phi) is 4.62. The third-order valence-electron chi connectivity index (χ3n) is 7.07. The number of nitrogens with zero attached hydrogens (tertiary/aromatic N) is 5. The molecule has 0 bridgehead atoms. The van der Waals surface area contributed by atoms with Gasteiger partial charge in [0.05, 0.1) is 11.1 Å². The van der Waals surface area contributed by atoms with E-state index in [1.54, 1.807) is 0 Å². The second-order valence-corrected chi connectivity index (χ2v) is 9.44. The number of tetrazole rings is 1. The Balaban J connectivity index is 1.58. The molecule has 0 spiro atoms. The smallest absolute Gasteiger partial charge is 0.254 e. The molecule has 2 aliphatic heterocycles. The van der Waals surface area contributed by atoms with Gasteiger partial charge in [-0.1, -0.05) is 25.1 Å². The zero-order chi connectivity index (χ0) is 23.4. The van der Waals surface area contributed by atoms with Gasteiger partial charge in [0.25, 0.3) is 5.56 Å². The van der Waals surface area contributed by atoms with Gasteiger partial charge in [-0.2, -0.15) is 0 Å². The summed E-state index contributed by atoms with van der Waals surface area (Å²) in [5.41, 5.74) is 3.15. The summed E-state index contributed by atoms with van der Waals surface area (Å²) >= 11 is 0. The molecule has 2 aliphatic rings. The number of aromatic nitrogens is 5. The lowest BCUT2D eigenvalue weighted by molar-refractivity contribution is 0.174. The Hall–Kier alpha value is -3.88. The van der Waals surface area contributed by atoms with Crippen LogP contribution >= 0.6 is 0 Å². The van der Waals surface area contributed by atoms with Crippen LogP contribution in [0.5, 0.6) is 11.5 Å². The molecule has 4 aromatic rings. The van der Waals surface area contributed by atoms with Crippen LogP contribution in [0.1, 0.15) is 50.2 Å². The number of ether oxygens (including phenoxy) is 2. The maximum atomic E-state index is 13.5. The fourth-order valence-corrected chi connectivity index (χ4v) is 4.84. The minimum absolute atomic E-state index is 0.176. The van der Waals surface area contributed by atoms with Crippen molar-refractivity contribution in [3.8, 4) is 11.5 Å². The lowest BCUT2D eigenvalue weighted by Crippen LogP contribution is -2.37. The Morgan fingerprint density at radius 2 is 1.94 bits per heavy atom. The number of rotatable bonds is 5. The van der Waals surface area contributed by atoms with Crippen molar-refractivity contribution in [3.05, 3.63) is 69.8 Å². The van der Waals surface area contributed by atoms with E-state index in [1.165, 1.54) is 5.56 Å². The lowest BCUT2D eigenvalue weighted by atomic mass is 9.99. The maximum absolute atomic E-state index is 13.5. The molecule has 0 amide bonds. The molecule has 4 heterocycles. The Labute approximate surface area is 196 Å². The quantitative estimate of drug-likeness (QED) is 0.488. The molecule has 0 saturated carbocycles. The number of fused-ring (bicyclic) bond motifs is 3. The van der Waals surface area contributed by atoms with Crippen LogP contribution in [0.3, 0.4) is 0 Å². The van der Waals surface area contributed by atoms with E-state index < -0.39 is 6.04 Å². The molecule has 0 radical (unpaired) electrons. The van der Waals surface area contributed by atoms with Gasteiger partial charge in [0, 0.05) is 29.2 Å². The second kappa shape index (κ2) is 7.58. The molecular formula is C25H26N6O3. The standard InChI is InChI=1S/C25H26N6O3/c1-4-25(2,3)31-23(27-28-29-31)22(30-10-9-15-7-5-6-8-19(15)30)17-11-16-12-20-21(34-14-33-20)13-18(16)26-24(17)32/h5-8,11-13,22H,4,9-10,14H2,1-3H3,(H,26,32)/t22-/m1/s1. The first kappa shape index (κ1) is 20.7. The highest BCUT2D eigenvalue weighted by Crippen LogP contribution is 2.40. The van der Waals surface area contributed by atoms with Crippen molar-refractivity contribution in [1.82, 2.24) is 25.2 Å².